The van der Waals surface area contributed by atoms with Crippen molar-refractivity contribution in [3.63, 3.8) is 0 Å². The highest BCUT2D eigenvalue weighted by Gasteiger charge is 2.20. The molecule has 0 saturated carbocycles. The maximum atomic E-state index is 12.5. The second-order valence-electron chi connectivity index (χ2n) is 7.69. The Labute approximate surface area is 171 Å². The van der Waals surface area contributed by atoms with Crippen LogP contribution in [0.3, 0.4) is 0 Å². The van der Waals surface area contributed by atoms with Crippen molar-refractivity contribution in [1.29, 1.82) is 0 Å². The first-order chi connectivity index (χ1) is 14.1. The molecule has 2 amide bonds. The normalized spacial score (nSPS) is 14.1. The van der Waals surface area contributed by atoms with Crippen LogP contribution in [0.1, 0.15) is 48.9 Å². The number of anilines is 1. The summed E-state index contributed by atoms with van der Waals surface area (Å²) in [5, 5.41) is 7.72. The van der Waals surface area contributed by atoms with E-state index in [-0.39, 0.29) is 6.04 Å². The zero-order chi connectivity index (χ0) is 20.2. The molecular weight excluding hydrogens is 360 g/mol. The maximum absolute atomic E-state index is 12.5. The monoisotopic (exact) mass is 386 g/mol. The molecule has 4 heteroatoms. The Bertz CT molecular complexity index is 1060. The highest BCUT2D eigenvalue weighted by molar-refractivity contribution is 6.39. The van der Waals surface area contributed by atoms with Crippen molar-refractivity contribution in [1.82, 2.24) is 5.32 Å². The summed E-state index contributed by atoms with van der Waals surface area (Å²) in [7, 11) is 0. The van der Waals surface area contributed by atoms with E-state index in [1.807, 2.05) is 49.4 Å². The topological polar surface area (TPSA) is 58.2 Å². The highest BCUT2D eigenvalue weighted by Crippen LogP contribution is 2.26. The molecule has 0 aliphatic heterocycles. The van der Waals surface area contributed by atoms with E-state index in [4.69, 9.17) is 0 Å². The molecule has 0 bridgehead atoms. The fourth-order valence-corrected chi connectivity index (χ4v) is 4.07. The number of rotatable bonds is 4. The van der Waals surface area contributed by atoms with Gasteiger partial charge in [0.25, 0.3) is 0 Å². The van der Waals surface area contributed by atoms with Crippen molar-refractivity contribution in [2.24, 2.45) is 0 Å². The van der Waals surface area contributed by atoms with Crippen LogP contribution < -0.4 is 10.6 Å². The molecule has 29 heavy (non-hydrogen) atoms. The summed E-state index contributed by atoms with van der Waals surface area (Å²) in [5.74, 6) is -1.25. The minimum atomic E-state index is -0.642. The summed E-state index contributed by atoms with van der Waals surface area (Å²) >= 11 is 0. The van der Waals surface area contributed by atoms with Gasteiger partial charge in [-0.25, -0.2) is 0 Å². The first-order valence-electron chi connectivity index (χ1n) is 10.4. The lowest BCUT2D eigenvalue weighted by Gasteiger charge is -2.21. The van der Waals surface area contributed by atoms with E-state index < -0.39 is 11.8 Å². The summed E-state index contributed by atoms with van der Waals surface area (Å²) in [6.45, 7) is 2.02. The molecule has 0 spiro atoms. The number of benzene rings is 3. The molecule has 1 aliphatic rings. The quantitative estimate of drug-likeness (QED) is 0.625. The van der Waals surface area contributed by atoms with Gasteiger partial charge >= 0.3 is 11.8 Å². The Hall–Kier alpha value is -3.14. The molecule has 0 aromatic heterocycles. The third-order valence-corrected chi connectivity index (χ3v) is 5.70. The average Bonchev–Trinajstić information content (AvgIpc) is 2.76. The lowest BCUT2D eigenvalue weighted by atomic mass is 9.89. The number of carbonyl (C=O) groups excluding carboxylic acids is 2. The number of carbonyl (C=O) groups is 2. The molecule has 0 heterocycles. The minimum Gasteiger partial charge on any atom is -0.341 e. The van der Waals surface area contributed by atoms with Crippen LogP contribution in [0.4, 0.5) is 5.69 Å². The van der Waals surface area contributed by atoms with Crippen molar-refractivity contribution in [2.45, 2.75) is 45.1 Å². The van der Waals surface area contributed by atoms with Crippen LogP contribution in [0.2, 0.25) is 0 Å². The van der Waals surface area contributed by atoms with Crippen molar-refractivity contribution in [2.75, 3.05) is 5.32 Å². The van der Waals surface area contributed by atoms with Crippen molar-refractivity contribution < 1.29 is 9.59 Å². The zero-order valence-electron chi connectivity index (χ0n) is 16.7. The lowest BCUT2D eigenvalue weighted by Crippen LogP contribution is -2.37. The Balaban J connectivity index is 1.44. The van der Waals surface area contributed by atoms with Gasteiger partial charge < -0.3 is 10.6 Å². The van der Waals surface area contributed by atoms with E-state index in [9.17, 15) is 9.59 Å². The number of aryl methyl sites for hydroxylation is 2. The van der Waals surface area contributed by atoms with E-state index in [0.29, 0.717) is 5.69 Å². The summed E-state index contributed by atoms with van der Waals surface area (Å²) in [4.78, 5) is 25.0. The smallest absolute Gasteiger partial charge is 0.313 e. The molecule has 1 aliphatic carbocycles. The molecule has 3 aromatic carbocycles. The number of hydrogen-bond acceptors (Lipinski definition) is 2. The fraction of sp³-hybridized carbons (Fsp3) is 0.280. The third-order valence-electron chi connectivity index (χ3n) is 5.70. The van der Waals surface area contributed by atoms with E-state index in [1.54, 1.807) is 0 Å². The van der Waals surface area contributed by atoms with E-state index >= 15 is 0 Å². The van der Waals surface area contributed by atoms with Crippen LogP contribution in [0, 0.1) is 0 Å². The van der Waals surface area contributed by atoms with Gasteiger partial charge in [0.1, 0.15) is 0 Å². The second-order valence-corrected chi connectivity index (χ2v) is 7.69. The van der Waals surface area contributed by atoms with E-state index in [1.165, 1.54) is 24.0 Å². The fourth-order valence-electron chi connectivity index (χ4n) is 4.07. The van der Waals surface area contributed by atoms with Crippen molar-refractivity contribution in [3.05, 3.63) is 77.4 Å². The molecule has 3 aromatic rings. The highest BCUT2D eigenvalue weighted by atomic mass is 16.2. The summed E-state index contributed by atoms with van der Waals surface area (Å²) in [6.07, 6.45) is 5.42. The van der Waals surface area contributed by atoms with Gasteiger partial charge in [0, 0.05) is 5.69 Å². The average molecular weight is 386 g/mol. The Morgan fingerprint density at radius 2 is 1.62 bits per heavy atom. The Morgan fingerprint density at radius 3 is 2.41 bits per heavy atom. The van der Waals surface area contributed by atoms with E-state index in [2.05, 4.69) is 28.8 Å². The molecule has 0 fully saturated rings. The minimum absolute atomic E-state index is 0.169. The van der Waals surface area contributed by atoms with Crippen molar-refractivity contribution >= 4 is 28.3 Å². The zero-order valence-corrected chi connectivity index (χ0v) is 16.7. The molecule has 1 unspecified atom stereocenters. The third kappa shape index (κ3) is 4.32. The number of hydrogen-bond donors (Lipinski definition) is 2. The van der Waals surface area contributed by atoms with Crippen LogP contribution in [0.5, 0.6) is 0 Å². The predicted molar refractivity (Wildman–Crippen MR) is 117 cm³/mol. The van der Waals surface area contributed by atoms with Crippen LogP contribution in [-0.2, 0) is 22.4 Å². The number of nitrogens with one attached hydrogen (secondary N) is 2. The molecule has 0 saturated heterocycles. The predicted octanol–water partition coefficient (Wildman–Crippen LogP) is 4.92. The van der Waals surface area contributed by atoms with Gasteiger partial charge in [0.15, 0.2) is 0 Å². The van der Waals surface area contributed by atoms with Gasteiger partial charge in [-0.05, 0) is 71.7 Å². The van der Waals surface area contributed by atoms with Crippen LogP contribution in [0.15, 0.2) is 60.7 Å². The van der Waals surface area contributed by atoms with Gasteiger partial charge in [-0.3, -0.25) is 9.59 Å². The van der Waals surface area contributed by atoms with Crippen LogP contribution in [0.25, 0.3) is 10.8 Å². The van der Waals surface area contributed by atoms with Gasteiger partial charge in [-0.15, -0.1) is 0 Å². The summed E-state index contributed by atoms with van der Waals surface area (Å²) < 4.78 is 0. The maximum Gasteiger partial charge on any atom is 0.313 e. The molecule has 1 atom stereocenters. The van der Waals surface area contributed by atoms with Crippen molar-refractivity contribution in [3.8, 4) is 0 Å². The van der Waals surface area contributed by atoms with Gasteiger partial charge in [0.05, 0.1) is 6.04 Å². The van der Waals surface area contributed by atoms with E-state index in [0.717, 1.165) is 35.6 Å². The molecule has 4 rings (SSSR count). The first kappa shape index (κ1) is 19.2. The standard InChI is InChI=1S/C25H26N2O2/c1-2-23(21-12-11-17-7-3-5-9-19(17)15-21)27-25(29)24(28)26-22-14-13-18-8-4-6-10-20(18)16-22/h4,6,8,10-16,23H,2-3,5,7,9H2,1H3,(H,26,28)(H,27,29). The van der Waals surface area contributed by atoms with Gasteiger partial charge in [-0.1, -0.05) is 55.5 Å². The molecule has 148 valence electrons. The first-order valence-corrected chi connectivity index (χ1v) is 10.4. The number of fused-ring (bicyclic) bond motifs is 2. The van der Waals surface area contributed by atoms with Gasteiger partial charge in [0.2, 0.25) is 0 Å². The van der Waals surface area contributed by atoms with Crippen LogP contribution in [-0.4, -0.2) is 11.8 Å². The molecule has 2 N–H and O–H groups in total. The Kier molecular flexibility index (Phi) is 5.61. The number of amides is 2. The van der Waals surface area contributed by atoms with Crippen LogP contribution >= 0.6 is 0 Å². The molecule has 0 radical (unpaired) electrons. The van der Waals surface area contributed by atoms with Gasteiger partial charge in [-0.2, -0.15) is 0 Å². The largest absolute Gasteiger partial charge is 0.341 e. The summed E-state index contributed by atoms with van der Waals surface area (Å²) in [6, 6.07) is 19.8. The SMILES string of the molecule is CCC(NC(=O)C(=O)Nc1ccc2ccccc2c1)c1ccc2c(c1)CCCC2. The molecule has 4 nitrogen and oxygen atoms in total. The lowest BCUT2D eigenvalue weighted by molar-refractivity contribution is -0.136. The second kappa shape index (κ2) is 8.48. The molecular formula is C25H26N2O2. The Morgan fingerprint density at radius 1 is 0.862 bits per heavy atom. The summed E-state index contributed by atoms with van der Waals surface area (Å²) in [5.41, 5.74) is 4.47.